The molecule has 1 saturated heterocycles. The minimum Gasteiger partial charge on any atom is -0.484 e. The smallest absolute Gasteiger partial charge is 0.258 e. The van der Waals surface area contributed by atoms with E-state index in [9.17, 15) is 4.79 Å². The summed E-state index contributed by atoms with van der Waals surface area (Å²) in [5, 5.41) is 3.09. The quantitative estimate of drug-likeness (QED) is 0.773. The van der Waals surface area contributed by atoms with Gasteiger partial charge in [-0.2, -0.15) is 0 Å². The predicted molar refractivity (Wildman–Crippen MR) is 114 cm³/mol. The number of aryl methyl sites for hydroxylation is 2. The first kappa shape index (κ1) is 20.4. The van der Waals surface area contributed by atoms with Gasteiger partial charge in [0.15, 0.2) is 6.61 Å². The molecule has 4 heteroatoms. The molecule has 2 aromatic rings. The summed E-state index contributed by atoms with van der Waals surface area (Å²) in [7, 11) is 0. The number of carbonyl (C=O) groups excluding carboxylic acids is 1. The molecule has 1 aliphatic rings. The molecule has 2 aromatic carbocycles. The molecule has 0 bridgehead atoms. The van der Waals surface area contributed by atoms with E-state index in [-0.39, 0.29) is 18.6 Å². The second-order valence-corrected chi connectivity index (χ2v) is 7.79. The third-order valence-electron chi connectivity index (χ3n) is 5.40. The largest absolute Gasteiger partial charge is 0.484 e. The Kier molecular flexibility index (Phi) is 7.49. The maximum Gasteiger partial charge on any atom is 0.258 e. The van der Waals surface area contributed by atoms with Crippen LogP contribution in [0, 0.1) is 13.8 Å². The average Bonchev–Trinajstić information content (AvgIpc) is 2.97. The Morgan fingerprint density at radius 3 is 2.39 bits per heavy atom. The molecule has 0 unspecified atom stereocenters. The van der Waals surface area contributed by atoms with Crippen molar-refractivity contribution in [1.29, 1.82) is 0 Å². The topological polar surface area (TPSA) is 41.6 Å². The molecule has 150 valence electrons. The Morgan fingerprint density at radius 1 is 1.00 bits per heavy atom. The monoisotopic (exact) mass is 380 g/mol. The molecule has 0 saturated carbocycles. The number of hydrogen-bond acceptors (Lipinski definition) is 3. The number of nitrogens with one attached hydrogen (secondary N) is 1. The second-order valence-electron chi connectivity index (χ2n) is 7.79. The van der Waals surface area contributed by atoms with Crippen LogP contribution in [0.3, 0.4) is 0 Å². The van der Waals surface area contributed by atoms with Crippen LogP contribution in [0.4, 0.5) is 0 Å². The zero-order chi connectivity index (χ0) is 19.8. The van der Waals surface area contributed by atoms with Crippen molar-refractivity contribution in [1.82, 2.24) is 10.2 Å². The van der Waals surface area contributed by atoms with E-state index < -0.39 is 0 Å². The van der Waals surface area contributed by atoms with E-state index in [0.29, 0.717) is 6.54 Å². The molecular formula is C24H32N2O2. The Balaban J connectivity index is 1.60. The van der Waals surface area contributed by atoms with E-state index in [2.05, 4.69) is 41.4 Å². The molecule has 0 spiro atoms. The third kappa shape index (κ3) is 6.10. The van der Waals surface area contributed by atoms with Crippen LogP contribution in [-0.2, 0) is 4.79 Å². The zero-order valence-electron chi connectivity index (χ0n) is 17.1. The molecule has 1 amide bonds. The molecule has 3 rings (SSSR count). The molecule has 1 heterocycles. The van der Waals surface area contributed by atoms with Crippen molar-refractivity contribution in [2.24, 2.45) is 0 Å². The number of likely N-dealkylation sites (tertiary alicyclic amines) is 1. The number of benzene rings is 2. The highest BCUT2D eigenvalue weighted by Gasteiger charge is 2.22. The van der Waals surface area contributed by atoms with Crippen molar-refractivity contribution < 1.29 is 9.53 Å². The fourth-order valence-corrected chi connectivity index (χ4v) is 3.77. The van der Waals surface area contributed by atoms with E-state index in [1.807, 2.05) is 31.2 Å². The van der Waals surface area contributed by atoms with Crippen LogP contribution in [-0.4, -0.2) is 37.0 Å². The molecule has 4 nitrogen and oxygen atoms in total. The van der Waals surface area contributed by atoms with Crippen molar-refractivity contribution in [3.05, 3.63) is 65.2 Å². The molecule has 1 atom stereocenters. The maximum atomic E-state index is 12.4. The summed E-state index contributed by atoms with van der Waals surface area (Å²) in [6.45, 7) is 6.96. The summed E-state index contributed by atoms with van der Waals surface area (Å²) < 4.78 is 5.64. The van der Waals surface area contributed by atoms with Gasteiger partial charge in [0, 0.05) is 6.54 Å². The molecule has 0 aromatic heterocycles. The highest BCUT2D eigenvalue weighted by Crippen LogP contribution is 2.24. The van der Waals surface area contributed by atoms with Gasteiger partial charge in [0.2, 0.25) is 0 Å². The van der Waals surface area contributed by atoms with E-state index in [1.54, 1.807) is 0 Å². The van der Waals surface area contributed by atoms with Crippen LogP contribution in [0.25, 0.3) is 0 Å². The van der Waals surface area contributed by atoms with Crippen LogP contribution in [0.1, 0.15) is 48.4 Å². The predicted octanol–water partition coefficient (Wildman–Crippen LogP) is 4.42. The van der Waals surface area contributed by atoms with Gasteiger partial charge in [-0.05, 0) is 63.0 Å². The lowest BCUT2D eigenvalue weighted by Crippen LogP contribution is -2.40. The van der Waals surface area contributed by atoms with Crippen LogP contribution in [0.15, 0.2) is 48.5 Å². The van der Waals surface area contributed by atoms with E-state index in [4.69, 9.17) is 4.74 Å². The minimum absolute atomic E-state index is 0.0457. The number of ether oxygens (including phenoxy) is 1. The number of carbonyl (C=O) groups is 1. The van der Waals surface area contributed by atoms with Gasteiger partial charge in [0.05, 0.1) is 6.04 Å². The van der Waals surface area contributed by atoms with Crippen molar-refractivity contribution in [2.45, 2.75) is 45.6 Å². The standard InChI is InChI=1S/C24H32N2O2/c1-19-10-12-21(13-11-19)23(26-14-5-3-4-6-15-26)17-25-24(27)18-28-22-9-7-8-20(2)16-22/h7-13,16,23H,3-6,14-15,17-18H2,1-2H3,(H,25,27)/t23-/m0/s1. The van der Waals surface area contributed by atoms with Crippen LogP contribution >= 0.6 is 0 Å². The Hall–Kier alpha value is -2.33. The fraction of sp³-hybridized carbons (Fsp3) is 0.458. The molecule has 1 N–H and O–H groups in total. The number of amides is 1. The van der Waals surface area contributed by atoms with Crippen molar-refractivity contribution >= 4 is 5.91 Å². The van der Waals surface area contributed by atoms with Gasteiger partial charge in [-0.1, -0.05) is 54.8 Å². The molecule has 0 radical (unpaired) electrons. The SMILES string of the molecule is Cc1ccc([C@H](CNC(=O)COc2cccc(C)c2)N2CCCCCC2)cc1. The summed E-state index contributed by atoms with van der Waals surface area (Å²) in [6.07, 6.45) is 5.06. The van der Waals surface area contributed by atoms with Gasteiger partial charge in [-0.25, -0.2) is 0 Å². The van der Waals surface area contributed by atoms with Crippen LogP contribution in [0.2, 0.25) is 0 Å². The van der Waals surface area contributed by atoms with E-state index in [0.717, 1.165) is 24.4 Å². The molecular weight excluding hydrogens is 348 g/mol. The first-order valence-corrected chi connectivity index (χ1v) is 10.4. The number of nitrogens with zero attached hydrogens (tertiary/aromatic N) is 1. The van der Waals surface area contributed by atoms with Crippen molar-refractivity contribution in [2.75, 3.05) is 26.2 Å². The summed E-state index contributed by atoms with van der Waals surface area (Å²) in [5.41, 5.74) is 3.65. The number of rotatable bonds is 7. The van der Waals surface area contributed by atoms with Gasteiger partial charge in [0.25, 0.3) is 5.91 Å². The lowest BCUT2D eigenvalue weighted by Gasteiger charge is -2.31. The second kappa shape index (κ2) is 10.3. The Labute approximate surface area is 168 Å². The highest BCUT2D eigenvalue weighted by molar-refractivity contribution is 5.77. The normalized spacial score (nSPS) is 16.2. The van der Waals surface area contributed by atoms with Gasteiger partial charge < -0.3 is 10.1 Å². The third-order valence-corrected chi connectivity index (χ3v) is 5.40. The maximum absolute atomic E-state index is 12.4. The summed E-state index contributed by atoms with van der Waals surface area (Å²) >= 11 is 0. The first-order valence-electron chi connectivity index (χ1n) is 10.4. The average molecular weight is 381 g/mol. The van der Waals surface area contributed by atoms with Gasteiger partial charge >= 0.3 is 0 Å². The van der Waals surface area contributed by atoms with Gasteiger partial charge in [-0.15, -0.1) is 0 Å². The summed E-state index contributed by atoms with van der Waals surface area (Å²) in [4.78, 5) is 14.9. The van der Waals surface area contributed by atoms with Crippen LogP contribution < -0.4 is 10.1 Å². The zero-order valence-corrected chi connectivity index (χ0v) is 17.1. The van der Waals surface area contributed by atoms with Crippen LogP contribution in [0.5, 0.6) is 5.75 Å². The highest BCUT2D eigenvalue weighted by atomic mass is 16.5. The molecule has 1 fully saturated rings. The minimum atomic E-state index is -0.0755. The van der Waals surface area contributed by atoms with Crippen molar-refractivity contribution in [3.63, 3.8) is 0 Å². The molecule has 28 heavy (non-hydrogen) atoms. The van der Waals surface area contributed by atoms with E-state index in [1.165, 1.54) is 36.8 Å². The lowest BCUT2D eigenvalue weighted by atomic mass is 10.0. The molecule has 1 aliphatic heterocycles. The Bertz CT molecular complexity index is 749. The Morgan fingerprint density at radius 2 is 1.71 bits per heavy atom. The summed E-state index contributed by atoms with van der Waals surface area (Å²) in [5.74, 6) is 0.659. The lowest BCUT2D eigenvalue weighted by molar-refractivity contribution is -0.123. The van der Waals surface area contributed by atoms with E-state index >= 15 is 0 Å². The van der Waals surface area contributed by atoms with Gasteiger partial charge in [0.1, 0.15) is 5.75 Å². The summed E-state index contributed by atoms with van der Waals surface area (Å²) in [6, 6.07) is 16.7. The van der Waals surface area contributed by atoms with Gasteiger partial charge in [-0.3, -0.25) is 9.69 Å². The first-order chi connectivity index (χ1) is 13.6. The van der Waals surface area contributed by atoms with Crippen molar-refractivity contribution in [3.8, 4) is 5.75 Å². The number of hydrogen-bond donors (Lipinski definition) is 1. The fourth-order valence-electron chi connectivity index (χ4n) is 3.77. The molecule has 0 aliphatic carbocycles.